The van der Waals surface area contributed by atoms with Crippen LogP contribution in [0.2, 0.25) is 0 Å². The zero-order valence-corrected chi connectivity index (χ0v) is 15.6. The second-order valence-corrected chi connectivity index (χ2v) is 7.01. The van der Waals surface area contributed by atoms with Crippen LogP contribution in [-0.2, 0) is 11.3 Å². The van der Waals surface area contributed by atoms with Gasteiger partial charge in [0.25, 0.3) is 5.91 Å². The maximum atomic E-state index is 12.5. The molecule has 3 rings (SSSR count). The number of methoxy groups -OCH3 is 1. The molecule has 2 heterocycles. The number of fused-ring (bicyclic) bond motifs is 1. The zero-order valence-electron chi connectivity index (χ0n) is 14.8. The Morgan fingerprint density at radius 3 is 2.92 bits per heavy atom. The molecule has 2 aromatic rings. The first-order chi connectivity index (χ1) is 12.1. The van der Waals surface area contributed by atoms with Gasteiger partial charge in [-0.05, 0) is 56.5 Å². The zero-order chi connectivity index (χ0) is 17.8. The van der Waals surface area contributed by atoms with Crippen LogP contribution < -0.4 is 5.32 Å². The van der Waals surface area contributed by atoms with E-state index in [9.17, 15) is 4.79 Å². The van der Waals surface area contributed by atoms with E-state index in [1.807, 2.05) is 23.7 Å². The number of carbonyl (C=O) groups excluding carboxylic acids is 1. The minimum atomic E-state index is -0.204. The van der Waals surface area contributed by atoms with Gasteiger partial charge in [-0.25, -0.2) is 4.42 Å². The first-order valence-corrected chi connectivity index (χ1v) is 9.08. The molecule has 1 aromatic carbocycles. The first kappa shape index (κ1) is 18.2. The minimum absolute atomic E-state index is 0.204. The van der Waals surface area contributed by atoms with Crippen LogP contribution in [-0.4, -0.2) is 53.5 Å². The molecule has 6 nitrogen and oxygen atoms in total. The van der Waals surface area contributed by atoms with E-state index < -0.39 is 0 Å². The molecule has 1 aromatic heterocycles. The van der Waals surface area contributed by atoms with Crippen LogP contribution in [0.25, 0.3) is 10.9 Å². The fourth-order valence-corrected chi connectivity index (χ4v) is 3.50. The highest BCUT2D eigenvalue weighted by atomic mass is 35.5. The van der Waals surface area contributed by atoms with Gasteiger partial charge >= 0.3 is 0 Å². The van der Waals surface area contributed by atoms with E-state index >= 15 is 0 Å². The molecule has 25 heavy (non-hydrogen) atoms. The Bertz CT molecular complexity index is 740. The first-order valence-electron chi connectivity index (χ1n) is 8.74. The highest BCUT2D eigenvalue weighted by molar-refractivity contribution is 6.24. The quantitative estimate of drug-likeness (QED) is 0.800. The molecule has 1 N–H and O–H groups in total. The Balaban J connectivity index is 1.80. The summed E-state index contributed by atoms with van der Waals surface area (Å²) in [6.07, 6.45) is 4.41. The number of hydrogen-bond donors (Lipinski definition) is 1. The monoisotopic (exact) mass is 364 g/mol. The van der Waals surface area contributed by atoms with Gasteiger partial charge in [0.1, 0.15) is 0 Å². The summed E-state index contributed by atoms with van der Waals surface area (Å²) in [4.78, 5) is 12.5. The lowest BCUT2D eigenvalue weighted by Crippen LogP contribution is -2.29. The average molecular weight is 365 g/mol. The van der Waals surface area contributed by atoms with Crippen molar-refractivity contribution in [1.82, 2.24) is 19.5 Å². The summed E-state index contributed by atoms with van der Waals surface area (Å²) in [7, 11) is 1.59. The van der Waals surface area contributed by atoms with Crippen LogP contribution in [0.4, 0.5) is 0 Å². The smallest absolute Gasteiger partial charge is 0.268 e. The standard InChI is InChI=1S/C18H25ClN4O2/c1-13-15(18(24)23(19)9-10-25-2)3-4-17-16(13)12-22(21-17)11-14-5-7-20-8-6-14/h3-4,12,14,20H,5-11H2,1-2H3. The van der Waals surface area contributed by atoms with Crippen LogP contribution in [0.15, 0.2) is 18.3 Å². The van der Waals surface area contributed by atoms with E-state index in [1.54, 1.807) is 7.11 Å². The number of aromatic nitrogens is 2. The van der Waals surface area contributed by atoms with E-state index in [2.05, 4.69) is 16.6 Å². The third-order valence-electron chi connectivity index (χ3n) is 4.85. The van der Waals surface area contributed by atoms with Gasteiger partial charge in [-0.1, -0.05) is 0 Å². The number of rotatable bonds is 6. The van der Waals surface area contributed by atoms with Gasteiger partial charge in [0, 0.05) is 42.6 Å². The SMILES string of the molecule is COCCN(Cl)C(=O)c1ccc2nn(CC3CCNCC3)cc2c1C. The Labute approximate surface area is 153 Å². The van der Waals surface area contributed by atoms with Crippen molar-refractivity contribution in [1.29, 1.82) is 0 Å². The molecular weight excluding hydrogens is 340 g/mol. The van der Waals surface area contributed by atoms with Gasteiger partial charge in [0.05, 0.1) is 18.7 Å². The van der Waals surface area contributed by atoms with Crippen molar-refractivity contribution >= 4 is 28.6 Å². The summed E-state index contributed by atoms with van der Waals surface area (Å²) in [6, 6.07) is 3.71. The molecule has 0 radical (unpaired) electrons. The molecule has 136 valence electrons. The van der Waals surface area contributed by atoms with Crippen molar-refractivity contribution in [3.63, 3.8) is 0 Å². The molecule has 0 spiro atoms. The van der Waals surface area contributed by atoms with Crippen molar-refractivity contribution in [3.8, 4) is 0 Å². The lowest BCUT2D eigenvalue weighted by atomic mass is 9.98. The molecule has 1 aliphatic heterocycles. The highest BCUT2D eigenvalue weighted by Crippen LogP contribution is 2.24. The Hall–Kier alpha value is -1.63. The van der Waals surface area contributed by atoms with Crippen LogP contribution in [0.1, 0.15) is 28.8 Å². The molecule has 0 saturated carbocycles. The maximum absolute atomic E-state index is 12.5. The van der Waals surface area contributed by atoms with Gasteiger partial charge < -0.3 is 10.1 Å². The predicted octanol–water partition coefficient (Wildman–Crippen LogP) is 2.59. The van der Waals surface area contributed by atoms with Crippen LogP contribution in [0, 0.1) is 12.8 Å². The van der Waals surface area contributed by atoms with Gasteiger partial charge in [-0.2, -0.15) is 5.10 Å². The highest BCUT2D eigenvalue weighted by Gasteiger charge is 2.19. The Morgan fingerprint density at radius 1 is 1.44 bits per heavy atom. The fraction of sp³-hybridized carbons (Fsp3) is 0.556. The van der Waals surface area contributed by atoms with E-state index in [0.29, 0.717) is 24.6 Å². The molecular formula is C18H25ClN4O2. The molecule has 0 atom stereocenters. The van der Waals surface area contributed by atoms with Crippen molar-refractivity contribution in [3.05, 3.63) is 29.5 Å². The second-order valence-electron chi connectivity index (χ2n) is 6.60. The molecule has 1 fully saturated rings. The molecule has 1 amide bonds. The average Bonchev–Trinajstić information content (AvgIpc) is 3.03. The summed E-state index contributed by atoms with van der Waals surface area (Å²) in [5.41, 5.74) is 2.45. The second kappa shape index (κ2) is 8.17. The number of nitrogens with zero attached hydrogens (tertiary/aromatic N) is 3. The van der Waals surface area contributed by atoms with E-state index in [0.717, 1.165) is 36.1 Å². The van der Waals surface area contributed by atoms with Crippen LogP contribution >= 0.6 is 11.8 Å². The summed E-state index contributed by atoms with van der Waals surface area (Å²) >= 11 is 6.08. The summed E-state index contributed by atoms with van der Waals surface area (Å²) in [6.45, 7) is 5.79. The predicted molar refractivity (Wildman–Crippen MR) is 98.8 cm³/mol. The van der Waals surface area contributed by atoms with Crippen LogP contribution in [0.5, 0.6) is 0 Å². The molecule has 1 aliphatic rings. The minimum Gasteiger partial charge on any atom is -0.383 e. The van der Waals surface area contributed by atoms with E-state index in [4.69, 9.17) is 16.5 Å². The van der Waals surface area contributed by atoms with E-state index in [1.165, 1.54) is 17.3 Å². The number of nitrogens with one attached hydrogen (secondary N) is 1. The van der Waals surface area contributed by atoms with Gasteiger partial charge in [-0.3, -0.25) is 9.48 Å². The maximum Gasteiger partial charge on any atom is 0.268 e. The van der Waals surface area contributed by atoms with Crippen molar-refractivity contribution in [2.75, 3.05) is 33.4 Å². The van der Waals surface area contributed by atoms with Gasteiger partial charge in [0.2, 0.25) is 0 Å². The Morgan fingerprint density at radius 2 is 2.20 bits per heavy atom. The number of benzene rings is 1. The van der Waals surface area contributed by atoms with E-state index in [-0.39, 0.29) is 5.91 Å². The summed E-state index contributed by atoms with van der Waals surface area (Å²) in [5, 5.41) is 9.08. The lowest BCUT2D eigenvalue weighted by molar-refractivity contribution is 0.0828. The summed E-state index contributed by atoms with van der Waals surface area (Å²) in [5.74, 6) is 0.452. The molecule has 0 unspecified atom stereocenters. The Kier molecular flexibility index (Phi) is 5.93. The number of halogens is 1. The number of piperidine rings is 1. The number of carbonyl (C=O) groups is 1. The largest absolute Gasteiger partial charge is 0.383 e. The third-order valence-corrected chi connectivity index (χ3v) is 5.18. The fourth-order valence-electron chi connectivity index (χ4n) is 3.34. The number of ether oxygens (including phenoxy) is 1. The molecule has 7 heteroatoms. The number of hydrogen-bond acceptors (Lipinski definition) is 4. The van der Waals surface area contributed by atoms with Crippen molar-refractivity contribution in [2.24, 2.45) is 5.92 Å². The topological polar surface area (TPSA) is 59.4 Å². The lowest BCUT2D eigenvalue weighted by Gasteiger charge is -2.22. The van der Waals surface area contributed by atoms with Crippen molar-refractivity contribution in [2.45, 2.75) is 26.3 Å². The molecule has 0 bridgehead atoms. The normalized spacial score (nSPS) is 15.6. The molecule has 1 saturated heterocycles. The summed E-state index contributed by atoms with van der Waals surface area (Å²) < 4.78 is 8.18. The number of aryl methyl sites for hydroxylation is 1. The number of amides is 1. The van der Waals surface area contributed by atoms with Gasteiger partial charge in [0.15, 0.2) is 0 Å². The third kappa shape index (κ3) is 4.14. The van der Waals surface area contributed by atoms with Crippen LogP contribution in [0.3, 0.4) is 0 Å². The molecule has 0 aliphatic carbocycles. The van der Waals surface area contributed by atoms with Gasteiger partial charge in [-0.15, -0.1) is 0 Å². The van der Waals surface area contributed by atoms with Crippen molar-refractivity contribution < 1.29 is 9.53 Å².